The van der Waals surface area contributed by atoms with Crippen molar-refractivity contribution < 1.29 is 9.47 Å². The zero-order valence-electron chi connectivity index (χ0n) is 16.3. The Bertz CT molecular complexity index is 706. The number of hydrogen-bond acceptors (Lipinski definition) is 7. The van der Waals surface area contributed by atoms with Crippen LogP contribution >= 0.6 is 0 Å². The molecule has 0 aliphatic heterocycles. The lowest BCUT2D eigenvalue weighted by Gasteiger charge is -2.14. The molecular formula is C19H29N5O2. The Hall–Kier alpha value is -2.54. The highest BCUT2D eigenvalue weighted by Gasteiger charge is 2.08. The molecule has 1 aromatic heterocycles. The zero-order chi connectivity index (χ0) is 18.9. The van der Waals surface area contributed by atoms with Crippen molar-refractivity contribution in [1.82, 2.24) is 14.9 Å². The Morgan fingerprint density at radius 2 is 1.88 bits per heavy atom. The van der Waals surface area contributed by atoms with Crippen LogP contribution in [-0.2, 0) is 0 Å². The third-order valence-electron chi connectivity index (χ3n) is 3.79. The van der Waals surface area contributed by atoms with E-state index in [1.807, 2.05) is 38.2 Å². The molecule has 0 amide bonds. The summed E-state index contributed by atoms with van der Waals surface area (Å²) in [5.41, 5.74) is 1.74. The second kappa shape index (κ2) is 9.82. The zero-order valence-corrected chi connectivity index (χ0v) is 16.3. The van der Waals surface area contributed by atoms with Crippen LogP contribution in [-0.4, -0.2) is 56.3 Å². The second-order valence-electron chi connectivity index (χ2n) is 6.32. The number of ether oxygens (including phenoxy) is 2. The molecule has 7 heteroatoms. The molecule has 0 unspecified atom stereocenters. The molecule has 0 aliphatic rings. The lowest BCUT2D eigenvalue weighted by atomic mass is 10.2. The molecular weight excluding hydrogens is 330 g/mol. The first kappa shape index (κ1) is 19.8. The van der Waals surface area contributed by atoms with Gasteiger partial charge in [0.15, 0.2) is 11.5 Å². The van der Waals surface area contributed by atoms with Crippen LogP contribution in [0.4, 0.5) is 17.5 Å². The fraction of sp³-hybridized carbons (Fsp3) is 0.474. The van der Waals surface area contributed by atoms with E-state index in [0.29, 0.717) is 24.1 Å². The van der Waals surface area contributed by atoms with Crippen LogP contribution in [0.3, 0.4) is 0 Å². The smallest absolute Gasteiger partial charge is 0.229 e. The Labute approximate surface area is 155 Å². The number of benzene rings is 1. The van der Waals surface area contributed by atoms with E-state index in [1.165, 1.54) is 0 Å². The van der Waals surface area contributed by atoms with Gasteiger partial charge in [-0.25, -0.2) is 4.98 Å². The molecule has 0 saturated carbocycles. The van der Waals surface area contributed by atoms with E-state index in [4.69, 9.17) is 9.47 Å². The van der Waals surface area contributed by atoms with Crippen molar-refractivity contribution in [1.29, 1.82) is 0 Å². The Morgan fingerprint density at radius 3 is 2.58 bits per heavy atom. The molecule has 2 aromatic rings. The maximum absolute atomic E-state index is 5.92. The quantitative estimate of drug-likeness (QED) is 0.631. The Balaban J connectivity index is 2.04. The van der Waals surface area contributed by atoms with E-state index in [9.17, 15) is 0 Å². The number of hydrogen-bond donors (Lipinski definition) is 2. The number of unbranched alkanes of at least 4 members (excludes halogenated alkanes) is 1. The van der Waals surface area contributed by atoms with Gasteiger partial charge in [-0.3, -0.25) is 0 Å². The maximum Gasteiger partial charge on any atom is 0.229 e. The minimum atomic E-state index is 0.538. The van der Waals surface area contributed by atoms with Gasteiger partial charge in [-0.1, -0.05) is 0 Å². The lowest BCUT2D eigenvalue weighted by molar-refractivity contribution is 0.277. The van der Waals surface area contributed by atoms with Gasteiger partial charge >= 0.3 is 0 Å². The molecule has 1 heterocycles. The maximum atomic E-state index is 5.92. The first-order valence-corrected chi connectivity index (χ1v) is 8.78. The van der Waals surface area contributed by atoms with Crippen LogP contribution in [0.1, 0.15) is 18.5 Å². The van der Waals surface area contributed by atoms with Crippen LogP contribution in [0, 0.1) is 6.92 Å². The van der Waals surface area contributed by atoms with E-state index >= 15 is 0 Å². The van der Waals surface area contributed by atoms with Crippen LogP contribution < -0.4 is 20.1 Å². The predicted octanol–water partition coefficient (Wildman–Crippen LogP) is 3.30. The molecule has 1 aromatic carbocycles. The molecule has 0 spiro atoms. The number of methoxy groups -OCH3 is 1. The van der Waals surface area contributed by atoms with E-state index in [-0.39, 0.29) is 0 Å². The molecule has 0 fully saturated rings. The first-order valence-electron chi connectivity index (χ1n) is 8.78. The van der Waals surface area contributed by atoms with E-state index in [2.05, 4.69) is 39.6 Å². The summed E-state index contributed by atoms with van der Waals surface area (Å²) in [5.74, 6) is 2.73. The number of anilines is 3. The summed E-state index contributed by atoms with van der Waals surface area (Å²) < 4.78 is 11.3. The van der Waals surface area contributed by atoms with Gasteiger partial charge in [-0.2, -0.15) is 4.98 Å². The number of nitrogens with one attached hydrogen (secondary N) is 2. The molecule has 0 aliphatic carbocycles. The minimum absolute atomic E-state index is 0.538. The van der Waals surface area contributed by atoms with E-state index < -0.39 is 0 Å². The van der Waals surface area contributed by atoms with E-state index in [1.54, 1.807) is 7.11 Å². The van der Waals surface area contributed by atoms with Gasteiger partial charge in [0.2, 0.25) is 5.95 Å². The molecule has 2 rings (SSSR count). The first-order chi connectivity index (χ1) is 12.5. The van der Waals surface area contributed by atoms with Crippen molar-refractivity contribution in [3.8, 4) is 11.5 Å². The Morgan fingerprint density at radius 1 is 1.08 bits per heavy atom. The third-order valence-corrected chi connectivity index (χ3v) is 3.79. The fourth-order valence-electron chi connectivity index (χ4n) is 2.46. The van der Waals surface area contributed by atoms with Gasteiger partial charge < -0.3 is 25.0 Å². The van der Waals surface area contributed by atoms with Crippen molar-refractivity contribution in [2.24, 2.45) is 0 Å². The molecule has 7 nitrogen and oxygen atoms in total. The summed E-state index contributed by atoms with van der Waals surface area (Å²) >= 11 is 0. The monoisotopic (exact) mass is 359 g/mol. The number of aryl methyl sites for hydroxylation is 1. The number of nitrogens with zero attached hydrogens (tertiary/aromatic N) is 3. The average molecular weight is 359 g/mol. The largest absolute Gasteiger partial charge is 0.493 e. The standard InChI is InChI=1S/C19H29N5O2/c1-14-12-18(20-2)23-19(21-14)22-15-8-9-16(25-5)17(13-15)26-11-7-6-10-24(3)4/h8-9,12-13H,6-7,10-11H2,1-5H3,(H2,20,21,22,23). The molecule has 0 saturated heterocycles. The molecule has 26 heavy (non-hydrogen) atoms. The van der Waals surface area contributed by atoms with Gasteiger partial charge in [0.05, 0.1) is 13.7 Å². The normalized spacial score (nSPS) is 10.7. The highest BCUT2D eigenvalue weighted by atomic mass is 16.5. The number of aromatic nitrogens is 2. The summed E-state index contributed by atoms with van der Waals surface area (Å²) in [5, 5.41) is 6.26. The summed E-state index contributed by atoms with van der Waals surface area (Å²) in [6.45, 7) is 3.64. The van der Waals surface area contributed by atoms with E-state index in [0.717, 1.165) is 36.6 Å². The van der Waals surface area contributed by atoms with Gasteiger partial charge in [0.1, 0.15) is 5.82 Å². The summed E-state index contributed by atoms with van der Waals surface area (Å²) in [4.78, 5) is 11.0. The summed E-state index contributed by atoms with van der Waals surface area (Å²) in [6, 6.07) is 7.60. The van der Waals surface area contributed by atoms with Crippen molar-refractivity contribution in [2.75, 3.05) is 52.0 Å². The molecule has 142 valence electrons. The fourth-order valence-corrected chi connectivity index (χ4v) is 2.46. The van der Waals surface area contributed by atoms with Crippen molar-refractivity contribution in [3.63, 3.8) is 0 Å². The van der Waals surface area contributed by atoms with Crippen molar-refractivity contribution in [3.05, 3.63) is 30.0 Å². The molecule has 0 bridgehead atoms. The van der Waals surface area contributed by atoms with Crippen molar-refractivity contribution in [2.45, 2.75) is 19.8 Å². The lowest BCUT2D eigenvalue weighted by Crippen LogP contribution is -2.13. The second-order valence-corrected chi connectivity index (χ2v) is 6.32. The van der Waals surface area contributed by atoms with Crippen LogP contribution in [0.25, 0.3) is 0 Å². The van der Waals surface area contributed by atoms with Crippen LogP contribution in [0.15, 0.2) is 24.3 Å². The van der Waals surface area contributed by atoms with Gasteiger partial charge in [0, 0.05) is 30.6 Å². The Kier molecular flexibility index (Phi) is 7.47. The van der Waals surface area contributed by atoms with Gasteiger partial charge in [-0.15, -0.1) is 0 Å². The predicted molar refractivity (Wildman–Crippen MR) is 106 cm³/mol. The average Bonchev–Trinajstić information content (AvgIpc) is 2.61. The van der Waals surface area contributed by atoms with Crippen LogP contribution in [0.5, 0.6) is 11.5 Å². The minimum Gasteiger partial charge on any atom is -0.493 e. The van der Waals surface area contributed by atoms with Gasteiger partial charge in [0.25, 0.3) is 0 Å². The van der Waals surface area contributed by atoms with Crippen molar-refractivity contribution >= 4 is 17.5 Å². The third kappa shape index (κ3) is 6.07. The van der Waals surface area contributed by atoms with Crippen LogP contribution in [0.2, 0.25) is 0 Å². The number of rotatable bonds is 10. The highest BCUT2D eigenvalue weighted by molar-refractivity contribution is 5.60. The molecule has 2 N–H and O–H groups in total. The summed E-state index contributed by atoms with van der Waals surface area (Å²) in [7, 11) is 7.63. The van der Waals surface area contributed by atoms with Gasteiger partial charge in [-0.05, 0) is 52.5 Å². The SMILES string of the molecule is CNc1cc(C)nc(Nc2ccc(OC)c(OCCCCN(C)C)c2)n1. The molecule has 0 atom stereocenters. The summed E-state index contributed by atoms with van der Waals surface area (Å²) in [6.07, 6.45) is 2.09. The molecule has 0 radical (unpaired) electrons. The topological polar surface area (TPSA) is 71.5 Å². The highest BCUT2D eigenvalue weighted by Crippen LogP contribution is 2.31.